The summed E-state index contributed by atoms with van der Waals surface area (Å²) in [7, 11) is 0. The molecule has 1 atom stereocenters. The van der Waals surface area contributed by atoms with Gasteiger partial charge in [0.15, 0.2) is 0 Å². The predicted molar refractivity (Wildman–Crippen MR) is 48.1 cm³/mol. The number of rotatable bonds is 1. The quantitative estimate of drug-likeness (QED) is 0.632. The molecule has 0 aliphatic carbocycles. The lowest BCUT2D eigenvalue weighted by Gasteiger charge is -2.06. The van der Waals surface area contributed by atoms with Gasteiger partial charge in [-0.1, -0.05) is 12.1 Å². The Morgan fingerprint density at radius 2 is 2.08 bits per heavy atom. The van der Waals surface area contributed by atoms with Crippen LogP contribution in [0.5, 0.6) is 0 Å². The number of carbonyl (C=O) groups excluding carboxylic acids is 1. The summed E-state index contributed by atoms with van der Waals surface area (Å²) in [6.07, 6.45) is -0.359. The molecular formula is C9H10N2O2. The fourth-order valence-corrected chi connectivity index (χ4v) is 1.29. The first kappa shape index (κ1) is 7.91. The molecule has 1 amide bonds. The molecule has 0 aromatic heterocycles. The number of amides is 1. The number of alkyl carbamates (subject to hydrolysis) is 1. The van der Waals surface area contributed by atoms with Crippen molar-refractivity contribution < 1.29 is 9.53 Å². The second-order valence-corrected chi connectivity index (χ2v) is 2.96. The third kappa shape index (κ3) is 1.56. The molecule has 3 N–H and O–H groups in total. The van der Waals surface area contributed by atoms with Gasteiger partial charge in [0.05, 0.1) is 6.04 Å². The monoisotopic (exact) mass is 178 g/mol. The maximum Gasteiger partial charge on any atom is 0.407 e. The molecule has 0 radical (unpaired) electrons. The zero-order valence-electron chi connectivity index (χ0n) is 6.99. The van der Waals surface area contributed by atoms with Crippen LogP contribution in [0.4, 0.5) is 10.5 Å². The van der Waals surface area contributed by atoms with E-state index < -0.39 is 0 Å². The van der Waals surface area contributed by atoms with E-state index in [4.69, 9.17) is 10.5 Å². The first-order valence-corrected chi connectivity index (χ1v) is 4.04. The fraction of sp³-hybridized carbons (Fsp3) is 0.222. The van der Waals surface area contributed by atoms with Gasteiger partial charge in [-0.25, -0.2) is 4.79 Å². The van der Waals surface area contributed by atoms with E-state index in [-0.39, 0.29) is 12.1 Å². The largest absolute Gasteiger partial charge is 0.447 e. The lowest BCUT2D eigenvalue weighted by molar-refractivity contribution is 0.177. The summed E-state index contributed by atoms with van der Waals surface area (Å²) >= 11 is 0. The molecule has 1 unspecified atom stereocenters. The molecule has 1 heterocycles. The highest BCUT2D eigenvalue weighted by molar-refractivity contribution is 5.70. The van der Waals surface area contributed by atoms with Crippen LogP contribution < -0.4 is 11.1 Å². The van der Waals surface area contributed by atoms with Crippen LogP contribution in [0.1, 0.15) is 11.6 Å². The van der Waals surface area contributed by atoms with Crippen molar-refractivity contribution in [3.63, 3.8) is 0 Å². The van der Waals surface area contributed by atoms with E-state index in [1.54, 1.807) is 12.1 Å². The molecule has 0 bridgehead atoms. The SMILES string of the molecule is Nc1ccc(C2COC(=O)N2)cc1. The normalized spacial score (nSPS) is 20.9. The van der Waals surface area contributed by atoms with E-state index in [0.717, 1.165) is 5.56 Å². The minimum Gasteiger partial charge on any atom is -0.447 e. The van der Waals surface area contributed by atoms with Crippen molar-refractivity contribution in [2.24, 2.45) is 0 Å². The van der Waals surface area contributed by atoms with Gasteiger partial charge in [-0.2, -0.15) is 0 Å². The number of hydrogen-bond donors (Lipinski definition) is 2. The van der Waals surface area contributed by atoms with Crippen molar-refractivity contribution in [3.8, 4) is 0 Å². The molecule has 2 rings (SSSR count). The molecule has 1 fully saturated rings. The van der Waals surface area contributed by atoms with Gasteiger partial charge in [-0.05, 0) is 17.7 Å². The van der Waals surface area contributed by atoms with Crippen molar-refractivity contribution in [1.29, 1.82) is 0 Å². The van der Waals surface area contributed by atoms with Crippen molar-refractivity contribution >= 4 is 11.8 Å². The summed E-state index contributed by atoms with van der Waals surface area (Å²) < 4.78 is 4.77. The Labute approximate surface area is 75.7 Å². The molecule has 0 saturated carbocycles. The topological polar surface area (TPSA) is 64.3 Å². The maximum atomic E-state index is 10.7. The van der Waals surface area contributed by atoms with Gasteiger partial charge in [0, 0.05) is 5.69 Å². The van der Waals surface area contributed by atoms with Gasteiger partial charge < -0.3 is 15.8 Å². The molecule has 13 heavy (non-hydrogen) atoms. The highest BCUT2D eigenvalue weighted by Gasteiger charge is 2.23. The molecule has 0 spiro atoms. The van der Waals surface area contributed by atoms with E-state index in [1.165, 1.54) is 0 Å². The Kier molecular flexibility index (Phi) is 1.81. The smallest absolute Gasteiger partial charge is 0.407 e. The third-order valence-electron chi connectivity index (χ3n) is 2.01. The van der Waals surface area contributed by atoms with Crippen LogP contribution in [-0.4, -0.2) is 12.7 Å². The van der Waals surface area contributed by atoms with Gasteiger partial charge in [0.2, 0.25) is 0 Å². The van der Waals surface area contributed by atoms with Crippen molar-refractivity contribution in [2.45, 2.75) is 6.04 Å². The van der Waals surface area contributed by atoms with Crippen LogP contribution in [-0.2, 0) is 4.74 Å². The highest BCUT2D eigenvalue weighted by atomic mass is 16.6. The highest BCUT2D eigenvalue weighted by Crippen LogP contribution is 2.18. The zero-order valence-corrected chi connectivity index (χ0v) is 6.99. The number of nitrogens with one attached hydrogen (secondary N) is 1. The van der Waals surface area contributed by atoms with E-state index >= 15 is 0 Å². The average Bonchev–Trinajstić information content (AvgIpc) is 2.53. The van der Waals surface area contributed by atoms with E-state index in [9.17, 15) is 4.79 Å². The lowest BCUT2D eigenvalue weighted by atomic mass is 10.1. The van der Waals surface area contributed by atoms with Crippen LogP contribution in [0.25, 0.3) is 0 Å². The number of cyclic esters (lactones) is 1. The Hall–Kier alpha value is -1.71. The number of carbonyl (C=O) groups is 1. The summed E-state index contributed by atoms with van der Waals surface area (Å²) in [4.78, 5) is 10.7. The Bertz CT molecular complexity index is 321. The van der Waals surface area contributed by atoms with Crippen molar-refractivity contribution in [1.82, 2.24) is 5.32 Å². The molecule has 1 aromatic rings. The third-order valence-corrected chi connectivity index (χ3v) is 2.01. The Morgan fingerprint density at radius 3 is 2.62 bits per heavy atom. The number of nitrogens with two attached hydrogens (primary N) is 1. The summed E-state index contributed by atoms with van der Waals surface area (Å²) in [5, 5.41) is 2.69. The summed E-state index contributed by atoms with van der Waals surface area (Å²) in [5.41, 5.74) is 7.26. The van der Waals surface area contributed by atoms with Crippen LogP contribution in [0.2, 0.25) is 0 Å². The van der Waals surface area contributed by atoms with Crippen LogP contribution in [0.3, 0.4) is 0 Å². The zero-order chi connectivity index (χ0) is 9.26. The molecule has 1 aliphatic rings. The molecule has 1 aliphatic heterocycles. The molecule has 1 saturated heterocycles. The number of ether oxygens (including phenoxy) is 1. The standard InChI is InChI=1S/C9H10N2O2/c10-7-3-1-6(2-4-7)8-5-13-9(12)11-8/h1-4,8H,5,10H2,(H,11,12). The van der Waals surface area contributed by atoms with Crippen LogP contribution >= 0.6 is 0 Å². The van der Waals surface area contributed by atoms with Gasteiger partial charge in [0.25, 0.3) is 0 Å². The maximum absolute atomic E-state index is 10.7. The average molecular weight is 178 g/mol. The van der Waals surface area contributed by atoms with Crippen LogP contribution in [0, 0.1) is 0 Å². The summed E-state index contributed by atoms with van der Waals surface area (Å²) in [6, 6.07) is 7.34. The second-order valence-electron chi connectivity index (χ2n) is 2.96. The van der Waals surface area contributed by atoms with E-state index in [2.05, 4.69) is 5.32 Å². The lowest BCUT2D eigenvalue weighted by Crippen LogP contribution is -2.18. The first-order valence-electron chi connectivity index (χ1n) is 4.04. The Morgan fingerprint density at radius 1 is 1.38 bits per heavy atom. The summed E-state index contributed by atoms with van der Waals surface area (Å²) in [6.45, 7) is 0.392. The number of anilines is 1. The number of hydrogen-bond acceptors (Lipinski definition) is 3. The van der Waals surface area contributed by atoms with Crippen molar-refractivity contribution in [3.05, 3.63) is 29.8 Å². The first-order chi connectivity index (χ1) is 6.25. The van der Waals surface area contributed by atoms with Crippen molar-refractivity contribution in [2.75, 3.05) is 12.3 Å². The summed E-state index contributed by atoms with van der Waals surface area (Å²) in [5.74, 6) is 0. The molecular weight excluding hydrogens is 168 g/mol. The van der Waals surface area contributed by atoms with Gasteiger partial charge in [-0.3, -0.25) is 0 Å². The van der Waals surface area contributed by atoms with E-state index in [1.807, 2.05) is 12.1 Å². The molecule has 1 aromatic carbocycles. The predicted octanol–water partition coefficient (Wildman–Crippen LogP) is 1.05. The minimum atomic E-state index is -0.359. The van der Waals surface area contributed by atoms with E-state index in [0.29, 0.717) is 12.3 Å². The molecule has 68 valence electrons. The van der Waals surface area contributed by atoms with Gasteiger partial charge in [-0.15, -0.1) is 0 Å². The fourth-order valence-electron chi connectivity index (χ4n) is 1.29. The minimum absolute atomic E-state index is 0.0342. The number of nitrogen functional groups attached to an aromatic ring is 1. The van der Waals surface area contributed by atoms with Crippen LogP contribution in [0.15, 0.2) is 24.3 Å². The Balaban J connectivity index is 2.17. The van der Waals surface area contributed by atoms with Gasteiger partial charge in [0.1, 0.15) is 6.61 Å². The molecule has 4 nitrogen and oxygen atoms in total. The molecule has 4 heteroatoms. The number of benzene rings is 1. The van der Waals surface area contributed by atoms with Gasteiger partial charge >= 0.3 is 6.09 Å². The second kappa shape index (κ2) is 2.97.